The zero-order valence-corrected chi connectivity index (χ0v) is 19.6. The van der Waals surface area contributed by atoms with E-state index in [-0.39, 0.29) is 16.9 Å². The third kappa shape index (κ3) is 7.36. The van der Waals surface area contributed by atoms with Crippen LogP contribution >= 0.6 is 12.2 Å². The van der Waals surface area contributed by atoms with E-state index in [4.69, 9.17) is 17.0 Å². The molecule has 2 aromatic carbocycles. The lowest BCUT2D eigenvalue weighted by molar-refractivity contribution is -0.128. The molecule has 0 aliphatic carbocycles. The molecule has 2 aromatic rings. The Bertz CT molecular complexity index is 940. The van der Waals surface area contributed by atoms with E-state index in [1.807, 2.05) is 39.8 Å². The standard InChI is InChI=1S/C24H31N3O3S/c1-16-7-8-17(2)20(15-16)30-14-6-13-24(3,4)22(29)27-23(31)26-19-11-9-18(10-12-19)21(28)25-5/h7-12,15H,6,13-14H2,1-5H3,(H,25,28)(H2,26,27,29,31). The Morgan fingerprint density at radius 2 is 1.74 bits per heavy atom. The summed E-state index contributed by atoms with van der Waals surface area (Å²) in [4.78, 5) is 24.3. The zero-order valence-electron chi connectivity index (χ0n) is 18.8. The van der Waals surface area contributed by atoms with Crippen LogP contribution in [0, 0.1) is 19.3 Å². The van der Waals surface area contributed by atoms with E-state index in [0.717, 1.165) is 23.3 Å². The number of hydrogen-bond acceptors (Lipinski definition) is 4. The zero-order chi connectivity index (χ0) is 23.0. The van der Waals surface area contributed by atoms with Crippen molar-refractivity contribution < 1.29 is 14.3 Å². The summed E-state index contributed by atoms with van der Waals surface area (Å²) in [6.07, 6.45) is 1.40. The van der Waals surface area contributed by atoms with E-state index in [1.54, 1.807) is 31.3 Å². The Kier molecular flexibility index (Phi) is 8.56. The van der Waals surface area contributed by atoms with Gasteiger partial charge >= 0.3 is 0 Å². The molecule has 0 aliphatic heterocycles. The predicted molar refractivity (Wildman–Crippen MR) is 129 cm³/mol. The minimum Gasteiger partial charge on any atom is -0.493 e. The van der Waals surface area contributed by atoms with E-state index < -0.39 is 5.41 Å². The Morgan fingerprint density at radius 3 is 2.39 bits per heavy atom. The number of carbonyl (C=O) groups is 2. The van der Waals surface area contributed by atoms with Crippen molar-refractivity contribution in [1.82, 2.24) is 10.6 Å². The molecule has 0 bridgehead atoms. The predicted octanol–water partition coefficient (Wildman–Crippen LogP) is 4.36. The molecule has 6 nitrogen and oxygen atoms in total. The van der Waals surface area contributed by atoms with Crippen LogP contribution in [-0.4, -0.2) is 30.6 Å². The molecule has 3 N–H and O–H groups in total. The first-order valence-electron chi connectivity index (χ1n) is 10.3. The molecule has 0 aromatic heterocycles. The Morgan fingerprint density at radius 1 is 1.06 bits per heavy atom. The summed E-state index contributed by atoms with van der Waals surface area (Å²) >= 11 is 5.27. The van der Waals surface area contributed by atoms with Crippen molar-refractivity contribution in [3.8, 4) is 5.75 Å². The quantitative estimate of drug-likeness (QED) is 0.419. The van der Waals surface area contributed by atoms with Crippen LogP contribution in [0.2, 0.25) is 0 Å². The van der Waals surface area contributed by atoms with Crippen molar-refractivity contribution in [3.05, 3.63) is 59.2 Å². The van der Waals surface area contributed by atoms with Gasteiger partial charge in [0.25, 0.3) is 5.91 Å². The highest BCUT2D eigenvalue weighted by atomic mass is 32.1. The smallest absolute Gasteiger partial charge is 0.251 e. The maximum absolute atomic E-state index is 12.7. The summed E-state index contributed by atoms with van der Waals surface area (Å²) in [5.41, 5.74) is 2.90. The van der Waals surface area contributed by atoms with Crippen molar-refractivity contribution >= 4 is 34.8 Å². The van der Waals surface area contributed by atoms with Gasteiger partial charge in [0, 0.05) is 23.7 Å². The first-order valence-corrected chi connectivity index (χ1v) is 10.7. The average Bonchev–Trinajstić information content (AvgIpc) is 2.73. The summed E-state index contributed by atoms with van der Waals surface area (Å²) in [5.74, 6) is 0.569. The monoisotopic (exact) mass is 441 g/mol. The van der Waals surface area contributed by atoms with Crippen LogP contribution in [0.5, 0.6) is 5.75 Å². The highest BCUT2D eigenvalue weighted by Gasteiger charge is 2.27. The summed E-state index contributed by atoms with van der Waals surface area (Å²) < 4.78 is 5.89. The molecular weight excluding hydrogens is 410 g/mol. The summed E-state index contributed by atoms with van der Waals surface area (Å²) in [6.45, 7) is 8.38. The molecule has 2 amide bonds. The number of hydrogen-bond donors (Lipinski definition) is 3. The molecule has 2 rings (SSSR count). The van der Waals surface area contributed by atoms with E-state index >= 15 is 0 Å². The lowest BCUT2D eigenvalue weighted by Gasteiger charge is -2.24. The molecule has 0 saturated carbocycles. The molecule has 0 saturated heterocycles. The normalized spacial score (nSPS) is 10.9. The fourth-order valence-electron chi connectivity index (χ4n) is 2.96. The number of aryl methyl sites for hydroxylation is 2. The number of nitrogens with one attached hydrogen (secondary N) is 3. The number of ether oxygens (including phenoxy) is 1. The number of thiocarbonyl (C=S) groups is 1. The van der Waals surface area contributed by atoms with Gasteiger partial charge in [0.05, 0.1) is 6.61 Å². The van der Waals surface area contributed by atoms with Crippen molar-refractivity contribution in [2.75, 3.05) is 19.0 Å². The van der Waals surface area contributed by atoms with Crippen molar-refractivity contribution in [2.24, 2.45) is 5.41 Å². The van der Waals surface area contributed by atoms with E-state index in [1.165, 1.54) is 0 Å². The molecule has 0 unspecified atom stereocenters. The van der Waals surface area contributed by atoms with Gasteiger partial charge in [-0.05, 0) is 80.4 Å². The van der Waals surface area contributed by atoms with Crippen LogP contribution in [-0.2, 0) is 4.79 Å². The minimum atomic E-state index is -0.597. The lowest BCUT2D eigenvalue weighted by Crippen LogP contribution is -2.42. The maximum atomic E-state index is 12.7. The van der Waals surface area contributed by atoms with Crippen LogP contribution in [0.25, 0.3) is 0 Å². The average molecular weight is 442 g/mol. The summed E-state index contributed by atoms with van der Waals surface area (Å²) in [7, 11) is 1.58. The molecule has 0 atom stereocenters. The van der Waals surface area contributed by atoms with Crippen LogP contribution in [0.4, 0.5) is 5.69 Å². The Hall–Kier alpha value is -2.93. The fraction of sp³-hybridized carbons (Fsp3) is 0.375. The van der Waals surface area contributed by atoms with Crippen molar-refractivity contribution in [3.63, 3.8) is 0 Å². The van der Waals surface area contributed by atoms with Gasteiger partial charge in [0.15, 0.2) is 5.11 Å². The second-order valence-electron chi connectivity index (χ2n) is 8.17. The Balaban J connectivity index is 1.80. The SMILES string of the molecule is CNC(=O)c1ccc(NC(=S)NC(=O)C(C)(C)CCCOc2cc(C)ccc2C)cc1. The molecule has 0 heterocycles. The number of anilines is 1. The molecule has 31 heavy (non-hydrogen) atoms. The van der Waals surface area contributed by atoms with Gasteiger partial charge in [-0.1, -0.05) is 26.0 Å². The van der Waals surface area contributed by atoms with E-state index in [9.17, 15) is 9.59 Å². The molecule has 0 aliphatic rings. The third-order valence-corrected chi connectivity index (χ3v) is 5.23. The summed E-state index contributed by atoms with van der Waals surface area (Å²) in [5, 5.41) is 8.51. The first kappa shape index (κ1) is 24.3. The highest BCUT2D eigenvalue weighted by molar-refractivity contribution is 7.80. The topological polar surface area (TPSA) is 79.5 Å². The Labute approximate surface area is 189 Å². The first-order chi connectivity index (χ1) is 14.6. The minimum absolute atomic E-state index is 0.154. The van der Waals surface area contributed by atoms with Gasteiger partial charge in [-0.3, -0.25) is 9.59 Å². The van der Waals surface area contributed by atoms with Gasteiger partial charge in [0.2, 0.25) is 5.91 Å². The van der Waals surface area contributed by atoms with E-state index in [2.05, 4.69) is 22.0 Å². The molecule has 0 spiro atoms. The number of carbonyl (C=O) groups excluding carboxylic acids is 2. The van der Waals surface area contributed by atoms with Crippen LogP contribution in [0.1, 0.15) is 48.2 Å². The molecule has 0 radical (unpaired) electrons. The molecular formula is C24H31N3O3S. The van der Waals surface area contributed by atoms with Crippen molar-refractivity contribution in [1.29, 1.82) is 0 Å². The van der Waals surface area contributed by atoms with Gasteiger partial charge in [0.1, 0.15) is 5.75 Å². The maximum Gasteiger partial charge on any atom is 0.251 e. The lowest BCUT2D eigenvalue weighted by atomic mass is 9.87. The van der Waals surface area contributed by atoms with Crippen LogP contribution < -0.4 is 20.7 Å². The third-order valence-electron chi connectivity index (χ3n) is 5.02. The number of amides is 2. The second kappa shape index (κ2) is 10.9. The fourth-order valence-corrected chi connectivity index (χ4v) is 3.17. The van der Waals surface area contributed by atoms with E-state index in [0.29, 0.717) is 24.3 Å². The van der Waals surface area contributed by atoms with Crippen molar-refractivity contribution in [2.45, 2.75) is 40.5 Å². The van der Waals surface area contributed by atoms with Gasteiger partial charge in [-0.15, -0.1) is 0 Å². The van der Waals surface area contributed by atoms with Gasteiger partial charge in [-0.2, -0.15) is 0 Å². The van der Waals surface area contributed by atoms with Gasteiger partial charge < -0.3 is 20.7 Å². The number of benzene rings is 2. The molecule has 166 valence electrons. The highest BCUT2D eigenvalue weighted by Crippen LogP contribution is 2.24. The molecule has 7 heteroatoms. The van der Waals surface area contributed by atoms with Gasteiger partial charge in [-0.25, -0.2) is 0 Å². The van der Waals surface area contributed by atoms with Crippen LogP contribution in [0.15, 0.2) is 42.5 Å². The van der Waals surface area contributed by atoms with Crippen LogP contribution in [0.3, 0.4) is 0 Å². The number of rotatable bonds is 8. The largest absolute Gasteiger partial charge is 0.493 e. The summed E-state index contributed by atoms with van der Waals surface area (Å²) in [6, 6.07) is 13.0. The molecule has 0 fully saturated rings. The second-order valence-corrected chi connectivity index (χ2v) is 8.58.